The molecule has 0 saturated heterocycles. The maximum Gasteiger partial charge on any atom is 0.161 e. The van der Waals surface area contributed by atoms with Crippen LogP contribution in [0.1, 0.15) is 38.3 Å². The van der Waals surface area contributed by atoms with Crippen molar-refractivity contribution in [1.29, 1.82) is 0 Å². The van der Waals surface area contributed by atoms with Crippen molar-refractivity contribution in [2.45, 2.75) is 46.3 Å². The first-order valence-electron chi connectivity index (χ1n) is 8.49. The molecule has 0 aliphatic carbocycles. The van der Waals surface area contributed by atoms with Crippen LogP contribution in [0.4, 0.5) is 0 Å². The highest BCUT2D eigenvalue weighted by Gasteiger charge is 2.19. The van der Waals surface area contributed by atoms with Gasteiger partial charge < -0.3 is 15.2 Å². The topological polar surface area (TPSA) is 44.5 Å². The number of benzene rings is 2. The zero-order valence-electron chi connectivity index (χ0n) is 15.2. The first-order valence-corrected chi connectivity index (χ1v) is 8.49. The highest BCUT2D eigenvalue weighted by atomic mass is 16.5. The van der Waals surface area contributed by atoms with Gasteiger partial charge in [-0.3, -0.25) is 0 Å². The van der Waals surface area contributed by atoms with Gasteiger partial charge in [-0.2, -0.15) is 0 Å². The number of ether oxygens (including phenoxy) is 2. The number of rotatable bonds is 7. The molecule has 2 aromatic rings. The summed E-state index contributed by atoms with van der Waals surface area (Å²) in [5.41, 5.74) is 8.87. The van der Waals surface area contributed by atoms with Crippen LogP contribution in [0.25, 0.3) is 0 Å². The molecule has 24 heavy (non-hydrogen) atoms. The summed E-state index contributed by atoms with van der Waals surface area (Å²) in [6.45, 7) is 7.10. The Hall–Kier alpha value is -2.00. The normalized spacial score (nSPS) is 12.7. The fourth-order valence-electron chi connectivity index (χ4n) is 2.53. The Morgan fingerprint density at radius 1 is 0.958 bits per heavy atom. The van der Waals surface area contributed by atoms with Gasteiger partial charge in [-0.1, -0.05) is 57.2 Å². The Kier molecular flexibility index (Phi) is 6.27. The van der Waals surface area contributed by atoms with Gasteiger partial charge in [-0.25, -0.2) is 0 Å². The van der Waals surface area contributed by atoms with E-state index in [1.165, 1.54) is 5.56 Å². The summed E-state index contributed by atoms with van der Waals surface area (Å²) < 4.78 is 11.2. The molecule has 1 atom stereocenters. The fraction of sp³-hybridized carbons (Fsp3) is 0.429. The molecule has 1 unspecified atom stereocenters. The zero-order valence-corrected chi connectivity index (χ0v) is 15.2. The molecule has 130 valence electrons. The first-order chi connectivity index (χ1) is 11.4. The van der Waals surface area contributed by atoms with Crippen molar-refractivity contribution in [3.8, 4) is 11.5 Å². The number of nitrogens with two attached hydrogens (primary N) is 1. The largest absolute Gasteiger partial charge is 0.493 e. The van der Waals surface area contributed by atoms with Gasteiger partial charge in [-0.05, 0) is 41.5 Å². The average Bonchev–Trinajstić information content (AvgIpc) is 2.57. The molecule has 0 saturated carbocycles. The Morgan fingerprint density at radius 2 is 1.62 bits per heavy atom. The van der Waals surface area contributed by atoms with Crippen LogP contribution < -0.4 is 15.2 Å². The van der Waals surface area contributed by atoms with Crippen molar-refractivity contribution in [2.75, 3.05) is 7.11 Å². The molecule has 3 nitrogen and oxygen atoms in total. The molecule has 0 radical (unpaired) electrons. The highest BCUT2D eigenvalue weighted by molar-refractivity contribution is 5.39. The summed E-state index contributed by atoms with van der Waals surface area (Å²) >= 11 is 0. The van der Waals surface area contributed by atoms with Crippen LogP contribution in [0, 0.1) is 5.41 Å². The van der Waals surface area contributed by atoms with Crippen molar-refractivity contribution < 1.29 is 9.47 Å². The second-order valence-electron chi connectivity index (χ2n) is 7.27. The van der Waals surface area contributed by atoms with E-state index in [-0.39, 0.29) is 11.5 Å². The van der Waals surface area contributed by atoms with Crippen LogP contribution in [0.15, 0.2) is 48.5 Å². The lowest BCUT2D eigenvalue weighted by molar-refractivity contribution is 0.284. The summed E-state index contributed by atoms with van der Waals surface area (Å²) in [5, 5.41) is 0. The van der Waals surface area contributed by atoms with E-state index in [1.807, 2.05) is 24.3 Å². The number of methoxy groups -OCH3 is 1. The van der Waals surface area contributed by atoms with Gasteiger partial charge in [0.25, 0.3) is 0 Å². The maximum absolute atomic E-state index is 6.26. The van der Waals surface area contributed by atoms with E-state index in [1.54, 1.807) is 7.11 Å². The van der Waals surface area contributed by atoms with Crippen LogP contribution in [0.2, 0.25) is 0 Å². The highest BCUT2D eigenvalue weighted by Crippen LogP contribution is 2.27. The van der Waals surface area contributed by atoms with Crippen LogP contribution >= 0.6 is 0 Å². The lowest BCUT2D eigenvalue weighted by Crippen LogP contribution is -2.35. The summed E-state index contributed by atoms with van der Waals surface area (Å²) in [7, 11) is 1.65. The first kappa shape index (κ1) is 18.3. The van der Waals surface area contributed by atoms with Crippen molar-refractivity contribution in [2.24, 2.45) is 11.1 Å². The standard InChI is InChI=1S/C21H29NO2/c1-21(2,3)20(22)13-12-16-8-7-9-17(14-16)15-24-19-11-6-5-10-18(19)23-4/h5-11,14,20H,12-13,15,22H2,1-4H3. The van der Waals surface area contributed by atoms with E-state index in [2.05, 4.69) is 45.0 Å². The summed E-state index contributed by atoms with van der Waals surface area (Å²) in [4.78, 5) is 0. The van der Waals surface area contributed by atoms with Crippen molar-refractivity contribution in [1.82, 2.24) is 0 Å². The van der Waals surface area contributed by atoms with E-state index < -0.39 is 0 Å². The van der Waals surface area contributed by atoms with E-state index >= 15 is 0 Å². The third-order valence-electron chi connectivity index (χ3n) is 4.31. The molecule has 0 aromatic heterocycles. The molecule has 0 bridgehead atoms. The fourth-order valence-corrected chi connectivity index (χ4v) is 2.53. The summed E-state index contributed by atoms with van der Waals surface area (Å²) in [6, 6.07) is 16.4. The van der Waals surface area contributed by atoms with Crippen molar-refractivity contribution in [3.05, 3.63) is 59.7 Å². The predicted molar refractivity (Wildman–Crippen MR) is 99.5 cm³/mol. The predicted octanol–water partition coefficient (Wildman–Crippen LogP) is 4.58. The number of para-hydroxylation sites is 2. The molecule has 2 aromatic carbocycles. The second-order valence-corrected chi connectivity index (χ2v) is 7.27. The third-order valence-corrected chi connectivity index (χ3v) is 4.31. The lowest BCUT2D eigenvalue weighted by atomic mass is 9.84. The Labute approximate surface area is 145 Å². The number of hydrogen-bond acceptors (Lipinski definition) is 3. The molecule has 0 amide bonds. The van der Waals surface area contributed by atoms with Crippen LogP contribution in [-0.4, -0.2) is 13.2 Å². The van der Waals surface area contributed by atoms with Crippen molar-refractivity contribution in [3.63, 3.8) is 0 Å². The van der Waals surface area contributed by atoms with Gasteiger partial charge in [0.1, 0.15) is 6.61 Å². The summed E-state index contributed by atoms with van der Waals surface area (Å²) in [6.07, 6.45) is 1.97. The van der Waals surface area contributed by atoms with Gasteiger partial charge in [0, 0.05) is 6.04 Å². The average molecular weight is 327 g/mol. The minimum Gasteiger partial charge on any atom is -0.493 e. The van der Waals surface area contributed by atoms with Gasteiger partial charge in [0.15, 0.2) is 11.5 Å². The minimum atomic E-state index is 0.143. The monoisotopic (exact) mass is 327 g/mol. The molecule has 2 N–H and O–H groups in total. The van der Waals surface area contributed by atoms with E-state index in [9.17, 15) is 0 Å². The lowest BCUT2D eigenvalue weighted by Gasteiger charge is -2.27. The van der Waals surface area contributed by atoms with Gasteiger partial charge >= 0.3 is 0 Å². The SMILES string of the molecule is COc1ccccc1OCc1cccc(CCC(N)C(C)(C)C)c1. The molecule has 2 rings (SSSR count). The Balaban J connectivity index is 1.95. The molecule has 0 spiro atoms. The second kappa shape index (κ2) is 8.20. The quantitative estimate of drug-likeness (QED) is 0.809. The molecule has 0 aliphatic heterocycles. The van der Waals surface area contributed by atoms with Crippen LogP contribution in [0.3, 0.4) is 0 Å². The van der Waals surface area contributed by atoms with Crippen molar-refractivity contribution >= 4 is 0 Å². The molecular weight excluding hydrogens is 298 g/mol. The van der Waals surface area contributed by atoms with Gasteiger partial charge in [0.2, 0.25) is 0 Å². The maximum atomic E-state index is 6.26. The number of hydrogen-bond donors (Lipinski definition) is 1. The Morgan fingerprint density at radius 3 is 2.29 bits per heavy atom. The van der Waals surface area contributed by atoms with Crippen LogP contribution in [0.5, 0.6) is 11.5 Å². The molecule has 0 fully saturated rings. The molecular formula is C21H29NO2. The minimum absolute atomic E-state index is 0.143. The van der Waals surface area contributed by atoms with E-state index in [0.29, 0.717) is 6.61 Å². The smallest absolute Gasteiger partial charge is 0.161 e. The zero-order chi connectivity index (χ0) is 17.6. The molecule has 3 heteroatoms. The van der Waals surface area contributed by atoms with Crippen LogP contribution in [-0.2, 0) is 13.0 Å². The van der Waals surface area contributed by atoms with E-state index in [0.717, 1.165) is 29.9 Å². The number of aryl methyl sites for hydroxylation is 1. The Bertz CT molecular complexity index is 646. The third kappa shape index (κ3) is 5.27. The van der Waals surface area contributed by atoms with Gasteiger partial charge in [0.05, 0.1) is 7.11 Å². The van der Waals surface area contributed by atoms with E-state index in [4.69, 9.17) is 15.2 Å². The van der Waals surface area contributed by atoms with Gasteiger partial charge in [-0.15, -0.1) is 0 Å². The molecule has 0 heterocycles. The summed E-state index contributed by atoms with van der Waals surface area (Å²) in [5.74, 6) is 1.52. The molecule has 0 aliphatic rings.